The molecule has 0 bridgehead atoms. The number of ketones is 1. The zero-order chi connectivity index (χ0) is 10.6. The lowest BCUT2D eigenvalue weighted by Gasteiger charge is -1.98. The first-order valence-electron chi connectivity index (χ1n) is 5.54. The predicted octanol–water partition coefficient (Wildman–Crippen LogP) is 4.05. The van der Waals surface area contributed by atoms with E-state index in [1.807, 2.05) is 12.2 Å². The van der Waals surface area contributed by atoms with Crippen LogP contribution >= 0.6 is 0 Å². The smallest absolute Gasteiger partial charge is 0.129 e. The van der Waals surface area contributed by atoms with Crippen LogP contribution in [0.15, 0.2) is 24.8 Å². The Morgan fingerprint density at radius 1 is 1.14 bits per heavy atom. The average Bonchev–Trinajstić information content (AvgIpc) is 2.15. The molecule has 0 aromatic heterocycles. The summed E-state index contributed by atoms with van der Waals surface area (Å²) in [5.41, 5.74) is 0. The van der Waals surface area contributed by atoms with Crippen LogP contribution in [0.3, 0.4) is 0 Å². The molecular weight excluding hydrogens is 172 g/mol. The lowest BCUT2D eigenvalue weighted by molar-refractivity contribution is -0.117. The number of carbonyl (C=O) groups is 1. The summed E-state index contributed by atoms with van der Waals surface area (Å²) in [6.45, 7) is 5.28. The van der Waals surface area contributed by atoms with Gasteiger partial charge < -0.3 is 4.79 Å². The summed E-state index contributed by atoms with van der Waals surface area (Å²) < 4.78 is 0. The van der Waals surface area contributed by atoms with Crippen LogP contribution in [0.2, 0.25) is 0 Å². The van der Waals surface area contributed by atoms with Crippen molar-refractivity contribution >= 4 is 5.78 Å². The molecule has 80 valence electrons. The van der Waals surface area contributed by atoms with Crippen molar-refractivity contribution in [3.8, 4) is 0 Å². The van der Waals surface area contributed by atoms with Crippen molar-refractivity contribution in [2.45, 2.75) is 51.9 Å². The van der Waals surface area contributed by atoms with Gasteiger partial charge in [-0.2, -0.15) is 0 Å². The third-order valence-electron chi connectivity index (χ3n) is 2.17. The first kappa shape index (κ1) is 13.2. The Kier molecular flexibility index (Phi) is 9.61. The molecular formula is C13H22O. The highest BCUT2D eigenvalue weighted by atomic mass is 16.1. The fourth-order valence-electron chi connectivity index (χ4n) is 1.36. The summed E-state index contributed by atoms with van der Waals surface area (Å²) in [5, 5.41) is 0. The van der Waals surface area contributed by atoms with Crippen LogP contribution in [0.25, 0.3) is 0 Å². The van der Waals surface area contributed by atoms with Gasteiger partial charge in [0, 0.05) is 6.42 Å². The largest absolute Gasteiger partial charge is 0.300 e. The first-order valence-corrected chi connectivity index (χ1v) is 5.54. The summed E-state index contributed by atoms with van der Waals surface area (Å²) in [5.74, 6) is 0.318. The van der Waals surface area contributed by atoms with Gasteiger partial charge in [-0.15, -0.1) is 0 Å². The van der Waals surface area contributed by atoms with Gasteiger partial charge in [0.1, 0.15) is 5.78 Å². The van der Waals surface area contributed by atoms with Gasteiger partial charge >= 0.3 is 0 Å². The highest BCUT2D eigenvalue weighted by Crippen LogP contribution is 2.07. The molecule has 0 amide bonds. The van der Waals surface area contributed by atoms with E-state index in [1.54, 1.807) is 6.92 Å². The second-order valence-electron chi connectivity index (χ2n) is 3.67. The summed E-state index contributed by atoms with van der Waals surface area (Å²) in [7, 11) is 0. The molecule has 1 nitrogen and oxygen atoms in total. The minimum Gasteiger partial charge on any atom is -0.300 e. The van der Waals surface area contributed by atoms with Crippen molar-refractivity contribution in [1.29, 1.82) is 0 Å². The fourth-order valence-corrected chi connectivity index (χ4v) is 1.36. The summed E-state index contributed by atoms with van der Waals surface area (Å²) in [6.07, 6.45) is 13.9. The van der Waals surface area contributed by atoms with Gasteiger partial charge in [0.05, 0.1) is 0 Å². The zero-order valence-corrected chi connectivity index (χ0v) is 9.30. The van der Waals surface area contributed by atoms with Crippen molar-refractivity contribution in [2.75, 3.05) is 0 Å². The van der Waals surface area contributed by atoms with Crippen molar-refractivity contribution in [3.05, 3.63) is 24.8 Å². The molecule has 0 rings (SSSR count). The fraction of sp³-hybridized carbons (Fsp3) is 0.615. The third kappa shape index (κ3) is 11.2. The second kappa shape index (κ2) is 10.2. The summed E-state index contributed by atoms with van der Waals surface area (Å²) >= 11 is 0. The van der Waals surface area contributed by atoms with Gasteiger partial charge in [0.15, 0.2) is 0 Å². The Morgan fingerprint density at radius 2 is 1.79 bits per heavy atom. The van der Waals surface area contributed by atoms with E-state index in [1.165, 1.54) is 25.7 Å². The molecule has 0 unspecified atom stereocenters. The topological polar surface area (TPSA) is 17.1 Å². The lowest BCUT2D eigenvalue weighted by atomic mass is 10.1. The molecule has 0 spiro atoms. The van der Waals surface area contributed by atoms with Crippen molar-refractivity contribution in [2.24, 2.45) is 0 Å². The van der Waals surface area contributed by atoms with Gasteiger partial charge in [-0.3, -0.25) is 0 Å². The molecule has 0 atom stereocenters. The van der Waals surface area contributed by atoms with Gasteiger partial charge in [-0.05, 0) is 26.2 Å². The van der Waals surface area contributed by atoms with E-state index in [-0.39, 0.29) is 0 Å². The van der Waals surface area contributed by atoms with Gasteiger partial charge in [-0.25, -0.2) is 0 Å². The molecule has 0 aromatic carbocycles. The Balaban J connectivity index is 3.02. The molecule has 1 heteroatoms. The van der Waals surface area contributed by atoms with Crippen molar-refractivity contribution in [1.82, 2.24) is 0 Å². The number of allylic oxidation sites excluding steroid dienone is 3. The standard InChI is InChI=1S/C13H22O/c1-3-4-5-6-7-8-9-10-11-12-13(2)14/h3-5H,1,6-12H2,2H3. The molecule has 0 heterocycles. The van der Waals surface area contributed by atoms with E-state index in [9.17, 15) is 4.79 Å². The van der Waals surface area contributed by atoms with Gasteiger partial charge in [-0.1, -0.05) is 44.1 Å². The van der Waals surface area contributed by atoms with Crippen LogP contribution in [0.4, 0.5) is 0 Å². The molecule has 0 saturated carbocycles. The number of hydrogen-bond acceptors (Lipinski definition) is 1. The molecule has 0 aromatic rings. The second-order valence-corrected chi connectivity index (χ2v) is 3.67. The zero-order valence-electron chi connectivity index (χ0n) is 9.30. The van der Waals surface area contributed by atoms with E-state index in [0.717, 1.165) is 19.3 Å². The quantitative estimate of drug-likeness (QED) is 0.400. The number of Topliss-reactive ketones (excluding diaryl/α,β-unsaturated/α-hetero) is 1. The minimum atomic E-state index is 0.318. The average molecular weight is 194 g/mol. The first-order chi connectivity index (χ1) is 6.77. The van der Waals surface area contributed by atoms with Crippen LogP contribution in [0.1, 0.15) is 51.9 Å². The van der Waals surface area contributed by atoms with Crippen LogP contribution in [-0.2, 0) is 4.79 Å². The van der Waals surface area contributed by atoms with E-state index in [2.05, 4.69) is 12.7 Å². The highest BCUT2D eigenvalue weighted by Gasteiger charge is 1.93. The molecule has 0 fully saturated rings. The lowest BCUT2D eigenvalue weighted by Crippen LogP contribution is -1.89. The number of carbonyl (C=O) groups excluding carboxylic acids is 1. The van der Waals surface area contributed by atoms with Crippen LogP contribution in [0, 0.1) is 0 Å². The molecule has 0 saturated heterocycles. The molecule has 0 aliphatic heterocycles. The highest BCUT2D eigenvalue weighted by molar-refractivity contribution is 5.75. The summed E-state index contributed by atoms with van der Waals surface area (Å²) in [6, 6.07) is 0. The van der Waals surface area contributed by atoms with E-state index in [4.69, 9.17) is 0 Å². The van der Waals surface area contributed by atoms with E-state index >= 15 is 0 Å². The van der Waals surface area contributed by atoms with E-state index < -0.39 is 0 Å². The predicted molar refractivity (Wildman–Crippen MR) is 62.3 cm³/mol. The third-order valence-corrected chi connectivity index (χ3v) is 2.17. The molecule has 0 radical (unpaired) electrons. The Bertz CT molecular complexity index is 180. The molecule has 0 aliphatic carbocycles. The van der Waals surface area contributed by atoms with Crippen LogP contribution in [0.5, 0.6) is 0 Å². The molecule has 0 aliphatic rings. The molecule has 14 heavy (non-hydrogen) atoms. The van der Waals surface area contributed by atoms with Crippen LogP contribution in [-0.4, -0.2) is 5.78 Å². The van der Waals surface area contributed by atoms with Crippen molar-refractivity contribution in [3.63, 3.8) is 0 Å². The van der Waals surface area contributed by atoms with Gasteiger partial charge in [0.2, 0.25) is 0 Å². The van der Waals surface area contributed by atoms with Crippen molar-refractivity contribution < 1.29 is 4.79 Å². The monoisotopic (exact) mass is 194 g/mol. The van der Waals surface area contributed by atoms with Gasteiger partial charge in [0.25, 0.3) is 0 Å². The normalized spacial score (nSPS) is 10.6. The number of unbranched alkanes of at least 4 members (excludes halogenated alkanes) is 5. The van der Waals surface area contributed by atoms with E-state index in [0.29, 0.717) is 5.78 Å². The molecule has 0 N–H and O–H groups in total. The summed E-state index contributed by atoms with van der Waals surface area (Å²) in [4.78, 5) is 10.6. The SMILES string of the molecule is C=CC=CCCCCCCCC(C)=O. The maximum Gasteiger partial charge on any atom is 0.129 e. The number of rotatable bonds is 9. The van der Waals surface area contributed by atoms with Crippen LogP contribution < -0.4 is 0 Å². The Morgan fingerprint density at radius 3 is 2.43 bits per heavy atom. The Labute approximate surface area is 87.9 Å². The Hall–Kier alpha value is -0.850. The minimum absolute atomic E-state index is 0.318. The number of hydrogen-bond donors (Lipinski definition) is 0. The maximum atomic E-state index is 10.6. The maximum absolute atomic E-state index is 10.6.